The summed E-state index contributed by atoms with van der Waals surface area (Å²) in [5.41, 5.74) is 2.16. The highest BCUT2D eigenvalue weighted by molar-refractivity contribution is 7.15. The Morgan fingerprint density at radius 1 is 1.20 bits per heavy atom. The molecule has 2 aromatic heterocycles. The fourth-order valence-corrected chi connectivity index (χ4v) is 3.36. The van der Waals surface area contributed by atoms with Crippen LogP contribution in [-0.2, 0) is 6.42 Å². The second kappa shape index (κ2) is 6.76. The zero-order valence-electron chi connectivity index (χ0n) is 14.5. The zero-order chi connectivity index (χ0) is 18.1. The van der Waals surface area contributed by atoms with E-state index in [9.17, 15) is 9.59 Å². The van der Waals surface area contributed by atoms with E-state index in [1.54, 1.807) is 12.1 Å². The smallest absolute Gasteiger partial charge is 0.293 e. The van der Waals surface area contributed by atoms with Crippen molar-refractivity contribution in [2.75, 3.05) is 5.32 Å². The van der Waals surface area contributed by atoms with Crippen molar-refractivity contribution in [2.45, 2.75) is 34.1 Å². The number of anilines is 1. The van der Waals surface area contributed by atoms with E-state index >= 15 is 0 Å². The number of carbonyl (C=O) groups excluding carboxylic acids is 1. The standard InChI is InChI=1S/C18H19N3O3S/c1-9(2)5-16-20-21-18(25-16)19-17(23)15-8-13(22)12-6-10(3)11(4)7-14(12)24-15/h6-9H,5H2,1-4H3,(H,19,21,23). The molecule has 130 valence electrons. The molecule has 3 rings (SSSR count). The lowest BCUT2D eigenvalue weighted by molar-refractivity contribution is 0.0997. The Kier molecular flexibility index (Phi) is 4.67. The molecular weight excluding hydrogens is 338 g/mol. The average Bonchev–Trinajstić information content (AvgIpc) is 2.95. The van der Waals surface area contributed by atoms with E-state index in [1.807, 2.05) is 13.8 Å². The van der Waals surface area contributed by atoms with Crippen LogP contribution in [0.15, 0.2) is 27.4 Å². The van der Waals surface area contributed by atoms with Gasteiger partial charge in [0.15, 0.2) is 11.2 Å². The van der Waals surface area contributed by atoms with Crippen molar-refractivity contribution < 1.29 is 9.21 Å². The molecule has 3 aromatic rings. The average molecular weight is 357 g/mol. The maximum Gasteiger partial charge on any atom is 0.293 e. The Morgan fingerprint density at radius 2 is 1.92 bits per heavy atom. The van der Waals surface area contributed by atoms with E-state index in [0.29, 0.717) is 22.0 Å². The maximum absolute atomic E-state index is 12.4. The van der Waals surface area contributed by atoms with Crippen LogP contribution in [0.25, 0.3) is 11.0 Å². The van der Waals surface area contributed by atoms with Gasteiger partial charge in [0.1, 0.15) is 10.6 Å². The molecule has 1 aromatic carbocycles. The van der Waals surface area contributed by atoms with Crippen molar-refractivity contribution in [3.63, 3.8) is 0 Å². The number of carbonyl (C=O) groups is 1. The number of nitrogens with zero attached hydrogens (tertiary/aromatic N) is 2. The molecule has 0 radical (unpaired) electrons. The highest BCUT2D eigenvalue weighted by Crippen LogP contribution is 2.21. The minimum Gasteiger partial charge on any atom is -0.451 e. The molecule has 0 fully saturated rings. The van der Waals surface area contributed by atoms with Crippen molar-refractivity contribution in [1.82, 2.24) is 10.2 Å². The Bertz CT molecular complexity index is 1000. The van der Waals surface area contributed by atoms with Crippen LogP contribution in [0.5, 0.6) is 0 Å². The van der Waals surface area contributed by atoms with Crippen molar-refractivity contribution >= 4 is 33.3 Å². The molecule has 0 aliphatic carbocycles. The van der Waals surface area contributed by atoms with E-state index in [0.717, 1.165) is 22.6 Å². The largest absolute Gasteiger partial charge is 0.451 e. The first-order valence-electron chi connectivity index (χ1n) is 8.02. The van der Waals surface area contributed by atoms with Gasteiger partial charge in [0.05, 0.1) is 5.39 Å². The van der Waals surface area contributed by atoms with Crippen LogP contribution in [0.1, 0.15) is 40.5 Å². The van der Waals surface area contributed by atoms with Crippen LogP contribution in [0.4, 0.5) is 5.13 Å². The van der Waals surface area contributed by atoms with Gasteiger partial charge in [-0.25, -0.2) is 0 Å². The molecule has 0 saturated carbocycles. The van der Waals surface area contributed by atoms with Gasteiger partial charge < -0.3 is 4.42 Å². The third-order valence-corrected chi connectivity index (χ3v) is 4.70. The van der Waals surface area contributed by atoms with Crippen molar-refractivity contribution in [2.24, 2.45) is 5.92 Å². The minimum atomic E-state index is -0.510. The SMILES string of the molecule is Cc1cc2oc(C(=O)Nc3nnc(CC(C)C)s3)cc(=O)c2cc1C. The molecule has 6 nitrogen and oxygen atoms in total. The van der Waals surface area contributed by atoms with Gasteiger partial charge in [-0.1, -0.05) is 25.2 Å². The Labute approximate surface area is 148 Å². The fraction of sp³-hybridized carbons (Fsp3) is 0.333. The van der Waals surface area contributed by atoms with Crippen LogP contribution in [0.2, 0.25) is 0 Å². The van der Waals surface area contributed by atoms with E-state index in [4.69, 9.17) is 4.42 Å². The number of benzene rings is 1. The molecule has 2 heterocycles. The molecule has 0 bridgehead atoms. The topological polar surface area (TPSA) is 85.1 Å². The molecule has 25 heavy (non-hydrogen) atoms. The maximum atomic E-state index is 12.4. The predicted molar refractivity (Wildman–Crippen MR) is 98.4 cm³/mol. The predicted octanol–water partition coefficient (Wildman–Crippen LogP) is 3.71. The van der Waals surface area contributed by atoms with Crippen LogP contribution in [0, 0.1) is 19.8 Å². The van der Waals surface area contributed by atoms with Crippen molar-refractivity contribution in [3.8, 4) is 0 Å². The highest BCUT2D eigenvalue weighted by atomic mass is 32.1. The van der Waals surface area contributed by atoms with Gasteiger partial charge in [0, 0.05) is 12.5 Å². The van der Waals surface area contributed by atoms with Crippen molar-refractivity contribution in [3.05, 3.63) is 50.3 Å². The van der Waals surface area contributed by atoms with Gasteiger partial charge in [-0.2, -0.15) is 0 Å². The lowest BCUT2D eigenvalue weighted by atomic mass is 10.1. The van der Waals surface area contributed by atoms with Gasteiger partial charge in [-0.3, -0.25) is 14.9 Å². The molecule has 0 atom stereocenters. The van der Waals surface area contributed by atoms with Crippen LogP contribution in [0.3, 0.4) is 0 Å². The third kappa shape index (κ3) is 3.76. The quantitative estimate of drug-likeness (QED) is 0.769. The third-order valence-electron chi connectivity index (χ3n) is 3.84. The summed E-state index contributed by atoms with van der Waals surface area (Å²) in [6.45, 7) is 8.04. The summed E-state index contributed by atoms with van der Waals surface area (Å²) >= 11 is 1.32. The lowest BCUT2D eigenvalue weighted by Crippen LogP contribution is -2.15. The first kappa shape index (κ1) is 17.3. The molecule has 0 unspecified atom stereocenters. The minimum absolute atomic E-state index is 0.0404. The van der Waals surface area contributed by atoms with E-state index in [-0.39, 0.29) is 11.2 Å². The van der Waals surface area contributed by atoms with Crippen LogP contribution >= 0.6 is 11.3 Å². The van der Waals surface area contributed by atoms with Crippen molar-refractivity contribution in [1.29, 1.82) is 0 Å². The molecular formula is C18H19N3O3S. The normalized spacial score (nSPS) is 11.2. The van der Waals surface area contributed by atoms with Gasteiger partial charge in [0.2, 0.25) is 5.13 Å². The van der Waals surface area contributed by atoms with E-state index < -0.39 is 5.91 Å². The fourth-order valence-electron chi connectivity index (χ4n) is 2.42. The highest BCUT2D eigenvalue weighted by Gasteiger charge is 2.16. The molecule has 1 amide bonds. The molecule has 7 heteroatoms. The molecule has 0 saturated heterocycles. The number of rotatable bonds is 4. The zero-order valence-corrected chi connectivity index (χ0v) is 15.4. The Morgan fingerprint density at radius 3 is 2.64 bits per heavy atom. The van der Waals surface area contributed by atoms with Gasteiger partial charge >= 0.3 is 0 Å². The summed E-state index contributed by atoms with van der Waals surface area (Å²) in [5, 5.41) is 12.4. The summed E-state index contributed by atoms with van der Waals surface area (Å²) < 4.78 is 5.63. The summed E-state index contributed by atoms with van der Waals surface area (Å²) in [7, 11) is 0. The van der Waals surface area contributed by atoms with Gasteiger partial charge in [0.25, 0.3) is 5.91 Å². The van der Waals surface area contributed by atoms with Crippen LogP contribution in [-0.4, -0.2) is 16.1 Å². The Balaban J connectivity index is 1.88. The van der Waals surface area contributed by atoms with Crippen LogP contribution < -0.4 is 10.7 Å². The second-order valence-electron chi connectivity index (χ2n) is 6.46. The summed E-state index contributed by atoms with van der Waals surface area (Å²) in [6, 6.07) is 4.76. The van der Waals surface area contributed by atoms with E-state index in [1.165, 1.54) is 17.4 Å². The number of aromatic nitrogens is 2. The number of fused-ring (bicyclic) bond motifs is 1. The van der Waals surface area contributed by atoms with E-state index in [2.05, 4.69) is 29.4 Å². The first-order valence-corrected chi connectivity index (χ1v) is 8.84. The number of amides is 1. The lowest BCUT2D eigenvalue weighted by Gasteiger charge is -2.05. The summed E-state index contributed by atoms with van der Waals surface area (Å²) in [5.74, 6) is -0.0902. The summed E-state index contributed by atoms with van der Waals surface area (Å²) in [6.07, 6.45) is 0.803. The van der Waals surface area contributed by atoms with Gasteiger partial charge in [-0.15, -0.1) is 10.2 Å². The number of hydrogen-bond acceptors (Lipinski definition) is 6. The van der Waals surface area contributed by atoms with Gasteiger partial charge in [-0.05, 0) is 43.0 Å². The molecule has 1 N–H and O–H groups in total. The molecule has 0 aliphatic rings. The number of hydrogen-bond donors (Lipinski definition) is 1. The molecule has 0 aliphatic heterocycles. The first-order chi connectivity index (χ1) is 11.8. The Hall–Kier alpha value is -2.54. The summed E-state index contributed by atoms with van der Waals surface area (Å²) in [4.78, 5) is 24.7. The second-order valence-corrected chi connectivity index (χ2v) is 7.52. The number of aryl methyl sites for hydroxylation is 2. The molecule has 0 spiro atoms. The number of nitrogens with one attached hydrogen (secondary N) is 1. The monoisotopic (exact) mass is 357 g/mol.